The minimum atomic E-state index is 1.16. The highest BCUT2D eigenvalue weighted by atomic mass is 13.9. The van der Waals surface area contributed by atoms with Crippen LogP contribution in [0, 0.1) is 0 Å². The molecule has 0 spiro atoms. The Morgan fingerprint density at radius 1 is 0.111 bits per heavy atom. The Morgan fingerprint density at radius 3 is 0.222 bits per heavy atom. The van der Waals surface area contributed by atoms with Crippen LogP contribution in [0.5, 0.6) is 0 Å². The molecule has 0 heteroatoms. The van der Waals surface area contributed by atoms with Crippen molar-refractivity contribution >= 4 is 0 Å². The minimum Gasteiger partial charge on any atom is -0.0882 e. The van der Waals surface area contributed by atoms with Crippen LogP contribution < -0.4 is 0 Å². The van der Waals surface area contributed by atoms with Gasteiger partial charge in [0.2, 0.25) is 0 Å². The van der Waals surface area contributed by atoms with Crippen LogP contribution in [0.1, 0.15) is 116 Å². The predicted octanol–water partition coefficient (Wildman–Crippen LogP) is 12.0. The van der Waals surface area contributed by atoms with Crippen LogP contribution in [0.4, 0.5) is 0 Å². The van der Waals surface area contributed by atoms with Crippen molar-refractivity contribution in [1.82, 2.24) is 0 Å². The standard InChI is InChI=1S/C36H54/c1-2-4-6-8-10-12-14-16-18-20-22-24-26-28-30-32-34-36-35-33-31-29-27-25-23-21-19-17-15-13-11-9-7-5-3-1/h1-2,7-10,15-18,23-26,31-34H,3-6,11-14,19-22,27-30,35-36H2/b2-1-,9-7+,10-8+,17-15+,18-16+,25-23+,26-24+,33-31+,34-32+. The lowest BCUT2D eigenvalue weighted by Gasteiger charge is -1.92. The Kier molecular flexibility index (Phi) is 25.4. The topological polar surface area (TPSA) is 0 Å². The Morgan fingerprint density at radius 2 is 0.167 bits per heavy atom. The highest BCUT2D eigenvalue weighted by Gasteiger charge is 1.84. The van der Waals surface area contributed by atoms with Crippen LogP contribution >= 0.6 is 0 Å². The van der Waals surface area contributed by atoms with Gasteiger partial charge in [0, 0.05) is 0 Å². The second-order valence-electron chi connectivity index (χ2n) is 9.44. The van der Waals surface area contributed by atoms with E-state index >= 15 is 0 Å². The van der Waals surface area contributed by atoms with Gasteiger partial charge >= 0.3 is 0 Å². The molecule has 1 aliphatic rings. The molecule has 0 saturated heterocycles. The van der Waals surface area contributed by atoms with Crippen molar-refractivity contribution in [3.8, 4) is 0 Å². The zero-order valence-corrected chi connectivity index (χ0v) is 23.1. The molecule has 0 aliphatic heterocycles. The lowest BCUT2D eigenvalue weighted by Crippen LogP contribution is -1.71. The summed E-state index contributed by atoms with van der Waals surface area (Å²) in [7, 11) is 0. The summed E-state index contributed by atoms with van der Waals surface area (Å²) in [6.45, 7) is 0. The maximum Gasteiger partial charge on any atom is -0.0316 e. The Hall–Kier alpha value is -2.34. The van der Waals surface area contributed by atoms with Crippen molar-refractivity contribution in [2.75, 3.05) is 0 Å². The first-order valence-corrected chi connectivity index (χ1v) is 14.8. The second-order valence-corrected chi connectivity index (χ2v) is 9.44. The molecule has 0 saturated carbocycles. The molecule has 198 valence electrons. The fourth-order valence-corrected chi connectivity index (χ4v) is 3.85. The smallest absolute Gasteiger partial charge is 0.0316 e. The molecule has 1 aliphatic carbocycles. The van der Waals surface area contributed by atoms with E-state index in [1.54, 1.807) is 0 Å². The van der Waals surface area contributed by atoms with Gasteiger partial charge in [0.1, 0.15) is 0 Å². The number of hydrogen-bond acceptors (Lipinski definition) is 0. The van der Waals surface area contributed by atoms with Crippen LogP contribution in [0.2, 0.25) is 0 Å². The lowest BCUT2D eigenvalue weighted by atomic mass is 10.1. The number of rotatable bonds is 0. The molecule has 0 heterocycles. The van der Waals surface area contributed by atoms with E-state index in [0.29, 0.717) is 0 Å². The summed E-state index contributed by atoms with van der Waals surface area (Å²) in [6, 6.07) is 0. The van der Waals surface area contributed by atoms with Gasteiger partial charge in [-0.1, -0.05) is 109 Å². The molecule has 0 atom stereocenters. The summed E-state index contributed by atoms with van der Waals surface area (Å²) in [4.78, 5) is 0. The molecule has 1 rings (SSSR count). The molecular weight excluding hydrogens is 432 g/mol. The minimum absolute atomic E-state index is 1.16. The first-order chi connectivity index (χ1) is 18.0. The molecule has 0 N–H and O–H groups in total. The average molecular weight is 487 g/mol. The first-order valence-electron chi connectivity index (χ1n) is 14.8. The molecule has 0 aromatic heterocycles. The highest BCUT2D eigenvalue weighted by molar-refractivity contribution is 4.96. The van der Waals surface area contributed by atoms with Gasteiger partial charge in [-0.05, 0) is 116 Å². The van der Waals surface area contributed by atoms with Gasteiger partial charge in [0.25, 0.3) is 0 Å². The van der Waals surface area contributed by atoms with Gasteiger partial charge in [-0.15, -0.1) is 0 Å². The van der Waals surface area contributed by atoms with Crippen LogP contribution in [0.15, 0.2) is 109 Å². The zero-order valence-electron chi connectivity index (χ0n) is 23.1. The molecule has 36 heavy (non-hydrogen) atoms. The van der Waals surface area contributed by atoms with Crippen molar-refractivity contribution in [2.24, 2.45) is 0 Å². The average Bonchev–Trinajstić information content (AvgIpc) is 2.89. The van der Waals surface area contributed by atoms with Crippen molar-refractivity contribution in [3.63, 3.8) is 0 Å². The van der Waals surface area contributed by atoms with Gasteiger partial charge in [-0.2, -0.15) is 0 Å². The Labute approximate surface area is 224 Å². The largest absolute Gasteiger partial charge is 0.0882 e. The molecule has 0 fully saturated rings. The molecule has 0 unspecified atom stereocenters. The van der Waals surface area contributed by atoms with Crippen LogP contribution in [-0.4, -0.2) is 0 Å². The van der Waals surface area contributed by atoms with E-state index in [0.717, 1.165) is 116 Å². The summed E-state index contributed by atoms with van der Waals surface area (Å²) in [5.41, 5.74) is 0. The molecule has 0 bridgehead atoms. The van der Waals surface area contributed by atoms with E-state index in [2.05, 4.69) is 109 Å². The lowest BCUT2D eigenvalue weighted by molar-refractivity contribution is 0.962. The van der Waals surface area contributed by atoms with Crippen LogP contribution in [0.3, 0.4) is 0 Å². The fourth-order valence-electron chi connectivity index (χ4n) is 3.85. The van der Waals surface area contributed by atoms with Crippen molar-refractivity contribution in [3.05, 3.63) is 109 Å². The third-order valence-corrected chi connectivity index (χ3v) is 6.00. The Balaban J connectivity index is 2.29. The zero-order chi connectivity index (χ0) is 25.5. The third kappa shape index (κ3) is 26.3. The summed E-state index contributed by atoms with van der Waals surface area (Å²) >= 11 is 0. The monoisotopic (exact) mass is 486 g/mol. The van der Waals surface area contributed by atoms with Crippen molar-refractivity contribution in [1.29, 1.82) is 0 Å². The molecule has 0 nitrogen and oxygen atoms in total. The van der Waals surface area contributed by atoms with Gasteiger partial charge in [0.15, 0.2) is 0 Å². The fraction of sp³-hybridized carbons (Fsp3) is 0.500. The van der Waals surface area contributed by atoms with Crippen molar-refractivity contribution in [2.45, 2.75) is 116 Å². The normalized spacial score (nSPS) is 28.0. The van der Waals surface area contributed by atoms with E-state index in [-0.39, 0.29) is 0 Å². The van der Waals surface area contributed by atoms with Gasteiger partial charge in [-0.3, -0.25) is 0 Å². The molecule has 0 aromatic rings. The van der Waals surface area contributed by atoms with E-state index in [1.807, 2.05) is 0 Å². The Bertz CT molecular complexity index is 463. The summed E-state index contributed by atoms with van der Waals surface area (Å²) in [5, 5.41) is 0. The molecular formula is C36H54. The van der Waals surface area contributed by atoms with E-state index < -0.39 is 0 Å². The first kappa shape index (κ1) is 31.7. The van der Waals surface area contributed by atoms with E-state index in [9.17, 15) is 0 Å². The highest BCUT2D eigenvalue weighted by Crippen LogP contribution is 2.05. The summed E-state index contributed by atoms with van der Waals surface area (Å²) in [5.74, 6) is 0. The number of allylic oxidation sites excluding steroid dienone is 18. The van der Waals surface area contributed by atoms with Crippen LogP contribution in [-0.2, 0) is 0 Å². The van der Waals surface area contributed by atoms with Gasteiger partial charge in [-0.25, -0.2) is 0 Å². The maximum absolute atomic E-state index is 2.34. The van der Waals surface area contributed by atoms with E-state index in [4.69, 9.17) is 0 Å². The van der Waals surface area contributed by atoms with Crippen LogP contribution in [0.25, 0.3) is 0 Å². The van der Waals surface area contributed by atoms with E-state index in [1.165, 1.54) is 0 Å². The summed E-state index contributed by atoms with van der Waals surface area (Å²) < 4.78 is 0. The predicted molar refractivity (Wildman–Crippen MR) is 165 cm³/mol. The van der Waals surface area contributed by atoms with Gasteiger partial charge in [0.05, 0.1) is 0 Å². The molecule has 0 amide bonds. The maximum atomic E-state index is 2.34. The SMILES string of the molecule is C1=C\CC/C=C/CC/C=C/CC/C=C/CC/C=C/CC/C=C/CC/C=C/CC/C=C/CC/C=C/CC/1. The summed E-state index contributed by atoms with van der Waals surface area (Å²) in [6.07, 6.45) is 63.0. The van der Waals surface area contributed by atoms with Crippen molar-refractivity contribution < 1.29 is 0 Å². The third-order valence-electron chi connectivity index (χ3n) is 6.00. The number of hydrogen-bond donors (Lipinski definition) is 0. The second kappa shape index (κ2) is 28.9. The van der Waals surface area contributed by atoms with Gasteiger partial charge < -0.3 is 0 Å². The quantitative estimate of drug-likeness (QED) is 0.299. The molecule has 0 aromatic carbocycles. The molecule has 0 radical (unpaired) electrons.